The number of hydrogen-bond acceptors (Lipinski definition) is 5. The summed E-state index contributed by atoms with van der Waals surface area (Å²) in [6.45, 7) is 1.87. The summed E-state index contributed by atoms with van der Waals surface area (Å²) in [5.41, 5.74) is 0. The molecular weight excluding hydrogens is 152 g/mol. The number of esters is 1. The van der Waals surface area contributed by atoms with Crippen LogP contribution in [0.3, 0.4) is 0 Å². The number of carbonyl (C=O) groups excluding carboxylic acids is 1. The molecule has 0 radical (unpaired) electrons. The van der Waals surface area contributed by atoms with Gasteiger partial charge in [0.05, 0.1) is 0 Å². The van der Waals surface area contributed by atoms with E-state index in [1.807, 2.05) is 6.92 Å². The lowest BCUT2D eigenvalue weighted by Crippen LogP contribution is -2.33. The van der Waals surface area contributed by atoms with E-state index in [-0.39, 0.29) is 6.42 Å². The first kappa shape index (κ1) is 10.3. The maximum absolute atomic E-state index is 10.5. The topological polar surface area (TPSA) is 87.0 Å². The van der Waals surface area contributed by atoms with E-state index in [2.05, 4.69) is 4.74 Å². The molecule has 0 aromatic carbocycles. The normalized spacial score (nSPS) is 11.3. The van der Waals surface area contributed by atoms with E-state index in [1.54, 1.807) is 0 Å². The van der Waals surface area contributed by atoms with Gasteiger partial charge in [-0.2, -0.15) is 0 Å². The zero-order chi connectivity index (χ0) is 8.91. The Hall–Kier alpha value is -0.650. The molecule has 0 fully saturated rings. The molecule has 0 heterocycles. The van der Waals surface area contributed by atoms with Gasteiger partial charge < -0.3 is 20.1 Å². The zero-order valence-electron chi connectivity index (χ0n) is 6.28. The molecule has 0 aliphatic heterocycles. The van der Waals surface area contributed by atoms with Crippen molar-refractivity contribution in [3.63, 3.8) is 0 Å². The van der Waals surface area contributed by atoms with E-state index in [9.17, 15) is 4.79 Å². The molecule has 0 atom stereocenters. The summed E-state index contributed by atoms with van der Waals surface area (Å²) in [4.78, 5) is 10.5. The Morgan fingerprint density at radius 3 is 2.36 bits per heavy atom. The number of carbonyl (C=O) groups is 1. The van der Waals surface area contributed by atoms with Crippen molar-refractivity contribution in [2.75, 3.05) is 0 Å². The SMILES string of the molecule is CCCCC(=O)OC(O)(O)O. The van der Waals surface area contributed by atoms with Crippen LogP contribution in [-0.2, 0) is 9.53 Å². The molecule has 0 aromatic rings. The summed E-state index contributed by atoms with van der Waals surface area (Å²) in [5, 5.41) is 24.5. The Morgan fingerprint density at radius 1 is 1.45 bits per heavy atom. The van der Waals surface area contributed by atoms with Crippen molar-refractivity contribution in [2.45, 2.75) is 32.3 Å². The quantitative estimate of drug-likeness (QED) is 0.378. The molecule has 0 unspecified atom stereocenters. The highest BCUT2D eigenvalue weighted by Gasteiger charge is 2.23. The molecule has 11 heavy (non-hydrogen) atoms. The van der Waals surface area contributed by atoms with Gasteiger partial charge in [0.2, 0.25) is 0 Å². The second kappa shape index (κ2) is 4.27. The highest BCUT2D eigenvalue weighted by Crippen LogP contribution is 2.02. The van der Waals surface area contributed by atoms with Crippen LogP contribution in [0.2, 0.25) is 0 Å². The van der Waals surface area contributed by atoms with Gasteiger partial charge in [0.15, 0.2) is 0 Å². The first-order chi connectivity index (χ1) is 4.95. The number of rotatable bonds is 4. The molecule has 0 aliphatic rings. The predicted octanol–water partition coefficient (Wildman–Crippen LogP) is -0.692. The van der Waals surface area contributed by atoms with Crippen LogP contribution in [0, 0.1) is 0 Å². The molecule has 0 rings (SSSR count). The van der Waals surface area contributed by atoms with Crippen LogP contribution in [0.4, 0.5) is 0 Å². The monoisotopic (exact) mass is 164 g/mol. The van der Waals surface area contributed by atoms with Gasteiger partial charge in [-0.05, 0) is 6.42 Å². The first-order valence-corrected chi connectivity index (χ1v) is 3.34. The predicted molar refractivity (Wildman–Crippen MR) is 35.0 cm³/mol. The molecule has 0 aliphatic carbocycles. The molecule has 0 saturated heterocycles. The fourth-order valence-corrected chi connectivity index (χ4v) is 0.525. The number of hydrogen-bond donors (Lipinski definition) is 3. The lowest BCUT2D eigenvalue weighted by molar-refractivity contribution is -0.435. The maximum Gasteiger partial charge on any atom is 0.455 e. The first-order valence-electron chi connectivity index (χ1n) is 3.34. The molecule has 3 N–H and O–H groups in total. The van der Waals surface area contributed by atoms with Crippen LogP contribution in [0.5, 0.6) is 0 Å². The highest BCUT2D eigenvalue weighted by molar-refractivity contribution is 5.69. The molecule has 0 amide bonds. The van der Waals surface area contributed by atoms with Crippen LogP contribution < -0.4 is 0 Å². The third-order valence-corrected chi connectivity index (χ3v) is 0.985. The summed E-state index contributed by atoms with van der Waals surface area (Å²) in [6, 6.07) is 0. The van der Waals surface area contributed by atoms with E-state index in [4.69, 9.17) is 15.3 Å². The third-order valence-electron chi connectivity index (χ3n) is 0.985. The van der Waals surface area contributed by atoms with Crippen LogP contribution >= 0.6 is 0 Å². The van der Waals surface area contributed by atoms with Gasteiger partial charge in [-0.15, -0.1) is 0 Å². The van der Waals surface area contributed by atoms with E-state index in [1.165, 1.54) is 0 Å². The fraction of sp³-hybridized carbons (Fsp3) is 0.833. The van der Waals surface area contributed by atoms with E-state index < -0.39 is 12.1 Å². The van der Waals surface area contributed by atoms with Crippen molar-refractivity contribution in [3.05, 3.63) is 0 Å². The van der Waals surface area contributed by atoms with Gasteiger partial charge in [-0.3, -0.25) is 4.79 Å². The van der Waals surface area contributed by atoms with Crippen molar-refractivity contribution in [1.82, 2.24) is 0 Å². The summed E-state index contributed by atoms with van der Waals surface area (Å²) >= 11 is 0. The van der Waals surface area contributed by atoms with Gasteiger partial charge >= 0.3 is 12.1 Å². The van der Waals surface area contributed by atoms with E-state index in [0.717, 1.165) is 6.42 Å². The van der Waals surface area contributed by atoms with Crippen molar-refractivity contribution >= 4 is 5.97 Å². The fourth-order valence-electron chi connectivity index (χ4n) is 0.525. The summed E-state index contributed by atoms with van der Waals surface area (Å²) in [7, 11) is 0. The molecule has 0 aromatic heterocycles. The van der Waals surface area contributed by atoms with Crippen LogP contribution in [0.25, 0.3) is 0 Å². The average Bonchev–Trinajstić information content (AvgIpc) is 1.79. The van der Waals surface area contributed by atoms with Crippen molar-refractivity contribution in [1.29, 1.82) is 0 Å². The molecular formula is C6H12O5. The van der Waals surface area contributed by atoms with Gasteiger partial charge in [0.25, 0.3) is 0 Å². The van der Waals surface area contributed by atoms with Crippen LogP contribution in [-0.4, -0.2) is 27.4 Å². The van der Waals surface area contributed by atoms with Gasteiger partial charge in [-0.25, -0.2) is 0 Å². The summed E-state index contributed by atoms with van der Waals surface area (Å²) in [6.07, 6.45) is -1.87. The van der Waals surface area contributed by atoms with Gasteiger partial charge in [-0.1, -0.05) is 13.3 Å². The number of ether oxygens (including phenoxy) is 1. The Kier molecular flexibility index (Phi) is 4.02. The van der Waals surface area contributed by atoms with Gasteiger partial charge in [0, 0.05) is 6.42 Å². The molecule has 66 valence electrons. The summed E-state index contributed by atoms with van der Waals surface area (Å²) in [5.74, 6) is -0.834. The maximum atomic E-state index is 10.5. The Labute approximate surface area is 64.2 Å². The largest absolute Gasteiger partial charge is 0.455 e. The second-order valence-corrected chi connectivity index (χ2v) is 2.15. The third kappa shape index (κ3) is 7.24. The van der Waals surface area contributed by atoms with Crippen LogP contribution in [0.15, 0.2) is 0 Å². The number of aliphatic hydroxyl groups is 3. The minimum Gasteiger partial charge on any atom is -0.384 e. The highest BCUT2D eigenvalue weighted by atomic mass is 16.9. The lowest BCUT2D eigenvalue weighted by Gasteiger charge is -2.12. The second-order valence-electron chi connectivity index (χ2n) is 2.15. The minimum absolute atomic E-state index is 0.0694. The lowest BCUT2D eigenvalue weighted by atomic mass is 10.3. The smallest absolute Gasteiger partial charge is 0.384 e. The molecule has 0 spiro atoms. The molecule has 0 bridgehead atoms. The Morgan fingerprint density at radius 2 is 2.00 bits per heavy atom. The Balaban J connectivity index is 3.53. The zero-order valence-corrected chi connectivity index (χ0v) is 6.28. The van der Waals surface area contributed by atoms with Crippen molar-refractivity contribution in [3.8, 4) is 0 Å². The van der Waals surface area contributed by atoms with E-state index >= 15 is 0 Å². The van der Waals surface area contributed by atoms with Crippen molar-refractivity contribution in [2.24, 2.45) is 0 Å². The standard InChI is InChI=1S/C6H12O5/c1-2-3-4-5(7)11-6(8,9)10/h8-10H,2-4H2,1H3. The summed E-state index contributed by atoms with van der Waals surface area (Å²) < 4.78 is 3.77. The van der Waals surface area contributed by atoms with Crippen LogP contribution in [0.1, 0.15) is 26.2 Å². The van der Waals surface area contributed by atoms with Crippen molar-refractivity contribution < 1.29 is 24.9 Å². The molecule has 5 nitrogen and oxygen atoms in total. The Bertz CT molecular complexity index is 125. The molecule has 0 saturated carbocycles. The molecule has 5 heteroatoms. The van der Waals surface area contributed by atoms with E-state index in [0.29, 0.717) is 6.42 Å². The average molecular weight is 164 g/mol. The minimum atomic E-state index is -3.33. The number of unbranched alkanes of at least 4 members (excludes halogenated alkanes) is 1. The van der Waals surface area contributed by atoms with Gasteiger partial charge in [0.1, 0.15) is 0 Å².